The van der Waals surface area contributed by atoms with Gasteiger partial charge in [-0.1, -0.05) is 25.8 Å². The number of rotatable bonds is 3. The fourth-order valence-corrected chi connectivity index (χ4v) is 1.91. The molecule has 0 amide bonds. The molecule has 0 aromatic carbocycles. The van der Waals surface area contributed by atoms with Crippen molar-refractivity contribution in [3.05, 3.63) is 12.2 Å². The Morgan fingerprint density at radius 1 is 1.25 bits per heavy atom. The smallest absolute Gasteiger partial charge is 0.0685 e. The molecule has 0 aliphatic heterocycles. The summed E-state index contributed by atoms with van der Waals surface area (Å²) in [7, 11) is 0. The van der Waals surface area contributed by atoms with Gasteiger partial charge in [0.25, 0.3) is 0 Å². The highest BCUT2D eigenvalue weighted by atomic mass is 16.3. The zero-order chi connectivity index (χ0) is 9.03. The molecule has 0 heterocycles. The molecule has 1 aliphatic carbocycles. The molecular weight excluding hydrogens is 152 g/mol. The van der Waals surface area contributed by atoms with E-state index in [9.17, 15) is 5.11 Å². The molecule has 0 aromatic heterocycles. The van der Waals surface area contributed by atoms with Gasteiger partial charge in [-0.25, -0.2) is 0 Å². The van der Waals surface area contributed by atoms with Gasteiger partial charge in [0.15, 0.2) is 0 Å². The Bertz CT molecular complexity index is 157. The third-order valence-corrected chi connectivity index (χ3v) is 2.59. The molecule has 0 radical (unpaired) electrons. The molecule has 1 saturated carbocycles. The van der Waals surface area contributed by atoms with Crippen LogP contribution in [0.5, 0.6) is 0 Å². The zero-order valence-corrected chi connectivity index (χ0v) is 7.55. The van der Waals surface area contributed by atoms with Gasteiger partial charge in [0, 0.05) is 0 Å². The van der Waals surface area contributed by atoms with Crippen LogP contribution in [-0.2, 0) is 0 Å². The van der Waals surface area contributed by atoms with Crippen LogP contribution >= 0.6 is 0 Å². The molecule has 0 bridgehead atoms. The summed E-state index contributed by atoms with van der Waals surface area (Å²) in [5, 5.41) is 18.8. The molecule has 1 rings (SSSR count). The van der Waals surface area contributed by atoms with Gasteiger partial charge in [-0.05, 0) is 24.8 Å². The van der Waals surface area contributed by atoms with Crippen molar-refractivity contribution >= 4 is 0 Å². The lowest BCUT2D eigenvalue weighted by atomic mass is 9.81. The van der Waals surface area contributed by atoms with Crippen LogP contribution in [0.2, 0.25) is 0 Å². The fourth-order valence-electron chi connectivity index (χ4n) is 1.91. The first kappa shape index (κ1) is 9.75. The van der Waals surface area contributed by atoms with Crippen LogP contribution < -0.4 is 0 Å². The Balaban J connectivity index is 2.41. The minimum Gasteiger partial charge on any atom is -0.392 e. The molecule has 0 atom stereocenters. The number of hydrogen-bond donors (Lipinski definition) is 2. The van der Waals surface area contributed by atoms with E-state index in [-0.39, 0.29) is 6.61 Å². The van der Waals surface area contributed by atoms with Crippen molar-refractivity contribution in [1.29, 1.82) is 0 Å². The first-order valence-corrected chi connectivity index (χ1v) is 4.66. The molecule has 1 aliphatic rings. The largest absolute Gasteiger partial charge is 0.392 e. The van der Waals surface area contributed by atoms with E-state index in [2.05, 4.69) is 6.58 Å². The van der Waals surface area contributed by atoms with Gasteiger partial charge in [-0.2, -0.15) is 0 Å². The maximum Gasteiger partial charge on any atom is 0.0685 e. The Labute approximate surface area is 73.9 Å². The highest BCUT2D eigenvalue weighted by Crippen LogP contribution is 2.32. The second kappa shape index (κ2) is 4.06. The van der Waals surface area contributed by atoms with E-state index in [0.717, 1.165) is 31.3 Å². The van der Waals surface area contributed by atoms with Gasteiger partial charge >= 0.3 is 0 Å². The van der Waals surface area contributed by atoms with E-state index in [4.69, 9.17) is 5.11 Å². The molecule has 2 heteroatoms. The topological polar surface area (TPSA) is 40.5 Å². The summed E-state index contributed by atoms with van der Waals surface area (Å²) in [4.78, 5) is 0. The second-order valence-corrected chi connectivity index (χ2v) is 3.87. The van der Waals surface area contributed by atoms with Crippen molar-refractivity contribution in [2.75, 3.05) is 6.61 Å². The number of aliphatic hydroxyl groups is 2. The van der Waals surface area contributed by atoms with Crippen LogP contribution in [0.3, 0.4) is 0 Å². The number of aliphatic hydroxyl groups excluding tert-OH is 1. The minimum absolute atomic E-state index is 0.00229. The summed E-state index contributed by atoms with van der Waals surface area (Å²) >= 11 is 0. The third kappa shape index (κ3) is 2.61. The highest BCUT2D eigenvalue weighted by Gasteiger charge is 2.29. The van der Waals surface area contributed by atoms with Crippen molar-refractivity contribution < 1.29 is 10.2 Å². The van der Waals surface area contributed by atoms with E-state index in [0.29, 0.717) is 6.42 Å². The van der Waals surface area contributed by atoms with Gasteiger partial charge in [0.1, 0.15) is 0 Å². The molecule has 1 fully saturated rings. The summed E-state index contributed by atoms with van der Waals surface area (Å²) in [5.74, 6) is 0. The average Bonchev–Trinajstić information content (AvgIpc) is 2.05. The van der Waals surface area contributed by atoms with E-state index in [1.807, 2.05) is 0 Å². The van der Waals surface area contributed by atoms with E-state index in [1.165, 1.54) is 6.42 Å². The number of hydrogen-bond acceptors (Lipinski definition) is 2. The third-order valence-electron chi connectivity index (χ3n) is 2.59. The SMILES string of the molecule is C=C(CO)CC1(O)CCCCC1. The highest BCUT2D eigenvalue weighted by molar-refractivity contribution is 5.01. The molecule has 0 unspecified atom stereocenters. The first-order chi connectivity index (χ1) is 5.66. The van der Waals surface area contributed by atoms with Gasteiger partial charge in [-0.15, -0.1) is 0 Å². The van der Waals surface area contributed by atoms with Crippen LogP contribution in [0.1, 0.15) is 38.5 Å². The molecular formula is C10H18O2. The van der Waals surface area contributed by atoms with Gasteiger partial charge in [-0.3, -0.25) is 0 Å². The molecule has 0 saturated heterocycles. The summed E-state index contributed by atoms with van der Waals surface area (Å²) in [6.45, 7) is 3.70. The Hall–Kier alpha value is -0.340. The average molecular weight is 170 g/mol. The molecule has 0 spiro atoms. The summed E-state index contributed by atoms with van der Waals surface area (Å²) in [6.07, 6.45) is 5.75. The fraction of sp³-hybridized carbons (Fsp3) is 0.800. The summed E-state index contributed by atoms with van der Waals surface area (Å²) in [5.41, 5.74) is 0.192. The van der Waals surface area contributed by atoms with Crippen molar-refractivity contribution in [1.82, 2.24) is 0 Å². The zero-order valence-electron chi connectivity index (χ0n) is 7.55. The van der Waals surface area contributed by atoms with Crippen LogP contribution in [0, 0.1) is 0 Å². The monoisotopic (exact) mass is 170 g/mol. The summed E-state index contributed by atoms with van der Waals surface area (Å²) < 4.78 is 0. The first-order valence-electron chi connectivity index (χ1n) is 4.66. The molecule has 70 valence electrons. The van der Waals surface area contributed by atoms with Crippen molar-refractivity contribution in [2.45, 2.75) is 44.1 Å². The second-order valence-electron chi connectivity index (χ2n) is 3.87. The van der Waals surface area contributed by atoms with E-state index < -0.39 is 5.60 Å². The predicted molar refractivity (Wildman–Crippen MR) is 48.9 cm³/mol. The Kier molecular flexibility index (Phi) is 3.29. The Morgan fingerprint density at radius 3 is 2.33 bits per heavy atom. The van der Waals surface area contributed by atoms with Crippen molar-refractivity contribution in [3.63, 3.8) is 0 Å². The predicted octanol–water partition coefficient (Wildman–Crippen LogP) is 1.62. The van der Waals surface area contributed by atoms with Crippen molar-refractivity contribution in [2.24, 2.45) is 0 Å². The lowest BCUT2D eigenvalue weighted by Crippen LogP contribution is -2.32. The van der Waals surface area contributed by atoms with E-state index in [1.54, 1.807) is 0 Å². The van der Waals surface area contributed by atoms with Crippen molar-refractivity contribution in [3.8, 4) is 0 Å². The van der Waals surface area contributed by atoms with E-state index >= 15 is 0 Å². The van der Waals surface area contributed by atoms with Crippen LogP contribution in [0.25, 0.3) is 0 Å². The molecule has 2 nitrogen and oxygen atoms in total. The van der Waals surface area contributed by atoms with Crippen LogP contribution in [-0.4, -0.2) is 22.4 Å². The maximum atomic E-state index is 10.0. The lowest BCUT2D eigenvalue weighted by Gasteiger charge is -2.32. The van der Waals surface area contributed by atoms with Gasteiger partial charge in [0.05, 0.1) is 12.2 Å². The van der Waals surface area contributed by atoms with Crippen LogP contribution in [0.15, 0.2) is 12.2 Å². The quantitative estimate of drug-likeness (QED) is 0.632. The Morgan fingerprint density at radius 2 is 1.83 bits per heavy atom. The van der Waals surface area contributed by atoms with Crippen LogP contribution in [0.4, 0.5) is 0 Å². The lowest BCUT2D eigenvalue weighted by molar-refractivity contribution is 0.00270. The maximum absolute atomic E-state index is 10.0. The normalized spacial score (nSPS) is 22.2. The minimum atomic E-state index is -0.557. The van der Waals surface area contributed by atoms with Gasteiger partial charge in [0.2, 0.25) is 0 Å². The molecule has 2 N–H and O–H groups in total. The van der Waals surface area contributed by atoms with Gasteiger partial charge < -0.3 is 10.2 Å². The molecule has 12 heavy (non-hydrogen) atoms. The standard InChI is InChI=1S/C10H18O2/c1-9(8-11)7-10(12)5-3-2-4-6-10/h11-12H,1-8H2. The molecule has 0 aromatic rings. The summed E-state index contributed by atoms with van der Waals surface area (Å²) in [6, 6.07) is 0.